The molecule has 2 heteroatoms. The summed E-state index contributed by atoms with van der Waals surface area (Å²) < 4.78 is 0. The molecule has 8 aromatic carbocycles. The van der Waals surface area contributed by atoms with Crippen LogP contribution >= 0.6 is 0 Å². The third kappa shape index (κ3) is 4.35. The van der Waals surface area contributed by atoms with Crippen LogP contribution in [-0.2, 0) is 5.41 Å². The van der Waals surface area contributed by atoms with Gasteiger partial charge in [-0.15, -0.1) is 0 Å². The highest BCUT2D eigenvalue weighted by Crippen LogP contribution is 2.51. The number of aryl methyl sites for hydroxylation is 2. The van der Waals surface area contributed by atoms with E-state index in [1.54, 1.807) is 0 Å². The number of nitrogens with zero attached hydrogens (tertiary/aromatic N) is 1. The Morgan fingerprint density at radius 2 is 0.836 bits per heavy atom. The van der Waals surface area contributed by atoms with Crippen LogP contribution in [0.15, 0.2) is 176 Å². The molecule has 1 aliphatic carbocycles. The van der Waals surface area contributed by atoms with Crippen molar-refractivity contribution in [3.8, 4) is 44.5 Å². The monoisotopic (exact) mass is 719 g/mol. The Morgan fingerprint density at radius 3 is 1.44 bits per heavy atom. The van der Waals surface area contributed by atoms with Crippen molar-refractivity contribution in [1.29, 1.82) is 0 Å². The fourth-order valence-electron chi connectivity index (χ4n) is 10.6. The maximum atomic E-state index is 2.58. The van der Waals surface area contributed by atoms with E-state index in [9.17, 15) is 0 Å². The second-order valence-electron chi connectivity index (χ2n) is 16.2. The molecule has 2 aliphatic heterocycles. The van der Waals surface area contributed by atoms with Crippen LogP contribution < -0.4 is 25.6 Å². The first-order valence-electron chi connectivity index (χ1n) is 19.5. The van der Waals surface area contributed by atoms with Crippen LogP contribution in [0.3, 0.4) is 0 Å². The van der Waals surface area contributed by atoms with Crippen LogP contribution in [0.2, 0.25) is 0 Å². The molecule has 1 nitrogen and oxygen atoms in total. The summed E-state index contributed by atoms with van der Waals surface area (Å²) in [5.41, 5.74) is 19.5. The first-order chi connectivity index (χ1) is 26.9. The molecule has 11 rings (SSSR count). The van der Waals surface area contributed by atoms with E-state index < -0.39 is 8.07 Å². The van der Waals surface area contributed by atoms with Crippen molar-refractivity contribution in [2.45, 2.75) is 33.1 Å². The fraction of sp³-hybridized carbons (Fsp3) is 0.0943. The van der Waals surface area contributed by atoms with Crippen LogP contribution in [0, 0.1) is 13.8 Å². The van der Waals surface area contributed by atoms with Gasteiger partial charge in [-0.2, -0.15) is 0 Å². The van der Waals surface area contributed by atoms with Crippen molar-refractivity contribution in [3.63, 3.8) is 0 Å². The third-order valence-electron chi connectivity index (χ3n) is 12.9. The number of rotatable bonds is 4. The van der Waals surface area contributed by atoms with Gasteiger partial charge in [0.05, 0.1) is 5.69 Å². The molecule has 0 bridgehead atoms. The quantitative estimate of drug-likeness (QED) is 0.164. The molecule has 0 unspecified atom stereocenters. The maximum Gasteiger partial charge on any atom is 0.182 e. The molecule has 0 N–H and O–H groups in total. The number of hydrogen-bond acceptors (Lipinski definition) is 1. The Balaban J connectivity index is 1.18. The molecule has 0 aromatic heterocycles. The lowest BCUT2D eigenvalue weighted by molar-refractivity contribution is 0.660. The fourth-order valence-corrected chi connectivity index (χ4v) is 16.2. The van der Waals surface area contributed by atoms with E-state index in [2.05, 4.69) is 209 Å². The smallest absolute Gasteiger partial charge is 0.182 e. The van der Waals surface area contributed by atoms with E-state index in [1.807, 2.05) is 0 Å². The Bertz CT molecular complexity index is 2790. The van der Waals surface area contributed by atoms with Crippen molar-refractivity contribution in [3.05, 3.63) is 198 Å². The number of hydrogen-bond donors (Lipinski definition) is 0. The summed E-state index contributed by atoms with van der Waals surface area (Å²) in [6, 6.07) is 66.8. The van der Waals surface area contributed by atoms with Crippen LogP contribution in [0.25, 0.3) is 44.5 Å². The van der Waals surface area contributed by atoms with Crippen LogP contribution in [0.4, 0.5) is 17.1 Å². The van der Waals surface area contributed by atoms with Gasteiger partial charge in [0.2, 0.25) is 0 Å². The highest BCUT2D eigenvalue weighted by Gasteiger charge is 2.54. The molecule has 3 aliphatic rings. The van der Waals surface area contributed by atoms with Gasteiger partial charge in [0.15, 0.2) is 8.07 Å². The van der Waals surface area contributed by atoms with Crippen LogP contribution in [0.5, 0.6) is 0 Å². The zero-order valence-electron chi connectivity index (χ0n) is 31.7. The summed E-state index contributed by atoms with van der Waals surface area (Å²) in [6.45, 7) is 9.34. The second-order valence-corrected chi connectivity index (χ2v) is 19.8. The highest BCUT2D eigenvalue weighted by atomic mass is 28.3. The summed E-state index contributed by atoms with van der Waals surface area (Å²) >= 11 is 0. The lowest BCUT2D eigenvalue weighted by Crippen LogP contribution is -2.70. The Hall–Kier alpha value is -6.22. The van der Waals surface area contributed by atoms with E-state index in [4.69, 9.17) is 0 Å². The Labute approximate surface area is 325 Å². The van der Waals surface area contributed by atoms with Gasteiger partial charge >= 0.3 is 0 Å². The SMILES string of the molecule is Cc1cc(-c2ccccc2)cc(C)c1N(c1ccc2c(c1)C(C)(C)c1ccccc1-2)c1ccc2c(c1)[Si]1(c3ccccc3-c3ccccc31)c1ccccc1-2. The van der Waals surface area contributed by atoms with E-state index in [0.717, 1.165) is 0 Å². The summed E-state index contributed by atoms with van der Waals surface area (Å²) in [4.78, 5) is 2.57. The van der Waals surface area contributed by atoms with Crippen molar-refractivity contribution >= 4 is 45.9 Å². The predicted molar refractivity (Wildman–Crippen MR) is 235 cm³/mol. The summed E-state index contributed by atoms with van der Waals surface area (Å²) in [6.07, 6.45) is 0. The minimum Gasteiger partial charge on any atom is -0.310 e. The number of benzene rings is 8. The predicted octanol–water partition coefficient (Wildman–Crippen LogP) is 11.1. The lowest BCUT2D eigenvalue weighted by Gasteiger charge is -2.33. The van der Waals surface area contributed by atoms with Crippen molar-refractivity contribution < 1.29 is 0 Å². The summed E-state index contributed by atoms with van der Waals surface area (Å²) in [5, 5.41) is 5.99. The van der Waals surface area contributed by atoms with Gasteiger partial charge in [0.25, 0.3) is 0 Å². The standard InChI is InChI=1S/C53H41NSi/c1-34-30-37(36-16-6-5-7-17-36)31-35(2)52(34)54(38-26-28-41-40-18-8-12-22-46(40)53(3,4)47(41)32-38)39-27-29-45-44-21-11-15-25-50(44)55(51(45)33-39)48-23-13-9-19-42(48)43-20-10-14-24-49(43)55/h5-33H,1-4H3. The number of fused-ring (bicyclic) bond motifs is 13. The topological polar surface area (TPSA) is 3.24 Å². The normalized spacial score (nSPS) is 14.5. The molecule has 0 radical (unpaired) electrons. The highest BCUT2D eigenvalue weighted by molar-refractivity contribution is 7.24. The Morgan fingerprint density at radius 1 is 0.382 bits per heavy atom. The van der Waals surface area contributed by atoms with Crippen LogP contribution in [-0.4, -0.2) is 8.07 Å². The summed E-state index contributed by atoms with van der Waals surface area (Å²) in [7, 11) is -2.62. The molecule has 0 saturated carbocycles. The van der Waals surface area contributed by atoms with Crippen LogP contribution in [0.1, 0.15) is 36.1 Å². The van der Waals surface area contributed by atoms with Gasteiger partial charge < -0.3 is 4.90 Å². The van der Waals surface area contributed by atoms with Gasteiger partial charge in [0.1, 0.15) is 0 Å². The first-order valence-corrected chi connectivity index (χ1v) is 21.5. The third-order valence-corrected chi connectivity index (χ3v) is 17.8. The molecule has 8 aromatic rings. The average Bonchev–Trinajstić information content (AvgIpc) is 3.78. The summed E-state index contributed by atoms with van der Waals surface area (Å²) in [5.74, 6) is 0. The number of anilines is 3. The zero-order chi connectivity index (χ0) is 37.1. The zero-order valence-corrected chi connectivity index (χ0v) is 32.7. The molecule has 0 amide bonds. The Kier molecular flexibility index (Phi) is 6.82. The van der Waals surface area contributed by atoms with Gasteiger partial charge in [-0.3, -0.25) is 0 Å². The molecule has 2 heterocycles. The van der Waals surface area contributed by atoms with E-state index in [1.165, 1.54) is 105 Å². The minimum atomic E-state index is -2.62. The lowest BCUT2D eigenvalue weighted by atomic mass is 9.82. The molecule has 0 fully saturated rings. The molecule has 1 spiro atoms. The molecule has 262 valence electrons. The molecule has 0 atom stereocenters. The maximum absolute atomic E-state index is 2.62. The largest absolute Gasteiger partial charge is 0.310 e. The average molecular weight is 720 g/mol. The molecule has 0 saturated heterocycles. The van der Waals surface area contributed by atoms with E-state index >= 15 is 0 Å². The van der Waals surface area contributed by atoms with Crippen molar-refractivity contribution in [1.82, 2.24) is 0 Å². The molecule has 55 heavy (non-hydrogen) atoms. The van der Waals surface area contributed by atoms with E-state index in [0.29, 0.717) is 0 Å². The van der Waals surface area contributed by atoms with Gasteiger partial charge in [-0.1, -0.05) is 153 Å². The van der Waals surface area contributed by atoms with E-state index in [-0.39, 0.29) is 5.41 Å². The second kappa shape index (κ2) is 11.6. The van der Waals surface area contributed by atoms with Gasteiger partial charge in [-0.05, 0) is 138 Å². The minimum absolute atomic E-state index is 0.108. The van der Waals surface area contributed by atoms with Gasteiger partial charge in [0, 0.05) is 16.8 Å². The van der Waals surface area contributed by atoms with Crippen molar-refractivity contribution in [2.24, 2.45) is 0 Å². The van der Waals surface area contributed by atoms with Crippen molar-refractivity contribution in [2.75, 3.05) is 4.90 Å². The first kappa shape index (κ1) is 32.2. The van der Waals surface area contributed by atoms with Gasteiger partial charge in [-0.25, -0.2) is 0 Å². The molecular weight excluding hydrogens is 679 g/mol. The molecular formula is C53H41NSi.